The quantitative estimate of drug-likeness (QED) is 0.554. The highest BCUT2D eigenvalue weighted by molar-refractivity contribution is 7.92. The van der Waals surface area contributed by atoms with E-state index < -0.39 is 30.9 Å². The maximum Gasteiger partial charge on any atom is 0.501 e. The summed E-state index contributed by atoms with van der Waals surface area (Å²) in [5.41, 5.74) is -6.11. The van der Waals surface area contributed by atoms with E-state index in [1.165, 1.54) is 0 Å². The number of benzene rings is 1. The number of nitrogens with one attached hydrogen (secondary N) is 1. The first kappa shape index (κ1) is 20.6. The molecule has 0 unspecified atom stereocenters. The monoisotopic (exact) mass is 445 g/mol. The summed E-state index contributed by atoms with van der Waals surface area (Å²) in [6.07, 6.45) is 3.41. The maximum absolute atomic E-state index is 12.8. The Labute approximate surface area is 169 Å². The minimum absolute atomic E-state index is 0.0933. The van der Waals surface area contributed by atoms with Crippen LogP contribution in [0.2, 0.25) is 0 Å². The molecule has 2 fully saturated rings. The molecule has 2 aromatic rings. The molecule has 9 nitrogen and oxygen atoms in total. The van der Waals surface area contributed by atoms with E-state index in [2.05, 4.69) is 15.2 Å². The van der Waals surface area contributed by atoms with E-state index in [9.17, 15) is 31.7 Å². The molecule has 1 aliphatic carbocycles. The second-order valence-electron chi connectivity index (χ2n) is 7.47. The number of aromatic amines is 1. The lowest BCUT2D eigenvalue weighted by Crippen LogP contribution is -2.33. The molecule has 1 aromatic carbocycles. The Kier molecular flexibility index (Phi) is 4.95. The van der Waals surface area contributed by atoms with E-state index in [1.54, 1.807) is 4.90 Å². The average Bonchev–Trinajstić information content (AvgIpc) is 3.43. The maximum atomic E-state index is 12.8. The number of halogens is 3. The van der Waals surface area contributed by atoms with Crippen molar-refractivity contribution in [3.05, 3.63) is 40.0 Å². The van der Waals surface area contributed by atoms with Gasteiger partial charge in [0.05, 0.1) is 9.82 Å². The minimum atomic E-state index is -5.67. The number of sulfone groups is 1. The first-order chi connectivity index (χ1) is 14.1. The highest BCUT2D eigenvalue weighted by Gasteiger charge is 2.47. The third kappa shape index (κ3) is 3.73. The third-order valence-electron chi connectivity index (χ3n) is 5.44. The zero-order chi connectivity index (χ0) is 21.7. The SMILES string of the molecule is O=[N+]([O-])c1cc(S(=O)(=O)C(F)(F)F)ccc1N1CCC(c2nc(C3CC3)n[nH]2)CC1. The molecule has 2 aliphatic rings. The molecule has 1 saturated carbocycles. The first-order valence-electron chi connectivity index (χ1n) is 9.35. The summed E-state index contributed by atoms with van der Waals surface area (Å²) in [6, 6.07) is 2.30. The van der Waals surface area contributed by atoms with Gasteiger partial charge in [0.2, 0.25) is 0 Å². The number of nitro benzene ring substituents is 1. The van der Waals surface area contributed by atoms with Gasteiger partial charge in [0.25, 0.3) is 15.5 Å². The van der Waals surface area contributed by atoms with Crippen molar-refractivity contribution >= 4 is 21.2 Å². The van der Waals surface area contributed by atoms with Gasteiger partial charge in [-0.1, -0.05) is 0 Å². The topological polar surface area (TPSA) is 122 Å². The molecule has 0 bridgehead atoms. The molecule has 1 saturated heterocycles. The fourth-order valence-corrected chi connectivity index (χ4v) is 4.39. The van der Waals surface area contributed by atoms with E-state index >= 15 is 0 Å². The van der Waals surface area contributed by atoms with Crippen molar-refractivity contribution in [1.82, 2.24) is 15.2 Å². The summed E-state index contributed by atoms with van der Waals surface area (Å²) >= 11 is 0. The minimum Gasteiger partial charge on any atom is -0.366 e. The van der Waals surface area contributed by atoms with Crippen LogP contribution in [0, 0.1) is 10.1 Å². The van der Waals surface area contributed by atoms with Crippen LogP contribution in [0.15, 0.2) is 23.1 Å². The molecule has 4 rings (SSSR count). The van der Waals surface area contributed by atoms with Crippen LogP contribution in [0.25, 0.3) is 0 Å². The van der Waals surface area contributed by atoms with Crippen molar-refractivity contribution in [2.75, 3.05) is 18.0 Å². The van der Waals surface area contributed by atoms with Crippen LogP contribution < -0.4 is 4.90 Å². The third-order valence-corrected chi connectivity index (χ3v) is 6.93. The van der Waals surface area contributed by atoms with Gasteiger partial charge in [0.15, 0.2) is 5.82 Å². The summed E-state index contributed by atoms with van der Waals surface area (Å²) in [5.74, 6) is 2.11. The van der Waals surface area contributed by atoms with Crippen LogP contribution in [0.1, 0.15) is 49.2 Å². The predicted molar refractivity (Wildman–Crippen MR) is 98.9 cm³/mol. The summed E-state index contributed by atoms with van der Waals surface area (Å²) in [5, 5.41) is 18.6. The molecular weight excluding hydrogens is 427 g/mol. The van der Waals surface area contributed by atoms with E-state index in [0.29, 0.717) is 37.9 Å². The van der Waals surface area contributed by atoms with Gasteiger partial charge in [-0.15, -0.1) is 0 Å². The number of H-pyrrole nitrogens is 1. The zero-order valence-electron chi connectivity index (χ0n) is 15.6. The molecule has 0 atom stereocenters. The number of anilines is 1. The fourth-order valence-electron chi connectivity index (χ4n) is 3.61. The van der Waals surface area contributed by atoms with Gasteiger partial charge in [-0.25, -0.2) is 13.4 Å². The lowest BCUT2D eigenvalue weighted by atomic mass is 9.95. The molecule has 0 radical (unpaired) electrons. The molecule has 0 spiro atoms. The Balaban J connectivity index is 1.53. The Morgan fingerprint density at radius 1 is 1.13 bits per heavy atom. The number of hydrogen-bond donors (Lipinski definition) is 1. The summed E-state index contributed by atoms with van der Waals surface area (Å²) in [4.78, 5) is 15.6. The summed E-state index contributed by atoms with van der Waals surface area (Å²) in [7, 11) is -5.67. The van der Waals surface area contributed by atoms with Gasteiger partial charge in [0.1, 0.15) is 11.5 Å². The van der Waals surface area contributed by atoms with Gasteiger partial charge < -0.3 is 4.90 Å². The Morgan fingerprint density at radius 3 is 2.37 bits per heavy atom. The van der Waals surface area contributed by atoms with Crippen LogP contribution in [0.4, 0.5) is 24.5 Å². The molecule has 2 heterocycles. The molecule has 162 valence electrons. The van der Waals surface area contributed by atoms with Crippen LogP contribution in [0.5, 0.6) is 0 Å². The van der Waals surface area contributed by atoms with Crippen molar-refractivity contribution < 1.29 is 26.5 Å². The smallest absolute Gasteiger partial charge is 0.366 e. The van der Waals surface area contributed by atoms with Crippen molar-refractivity contribution in [2.45, 2.75) is 47.9 Å². The largest absolute Gasteiger partial charge is 0.501 e. The van der Waals surface area contributed by atoms with E-state index in [1.807, 2.05) is 0 Å². The second-order valence-corrected chi connectivity index (χ2v) is 9.41. The van der Waals surface area contributed by atoms with Gasteiger partial charge in [-0.2, -0.15) is 18.3 Å². The number of hydrogen-bond acceptors (Lipinski definition) is 7. The van der Waals surface area contributed by atoms with Crippen LogP contribution in [0.3, 0.4) is 0 Å². The molecule has 1 N–H and O–H groups in total. The van der Waals surface area contributed by atoms with Gasteiger partial charge in [-0.3, -0.25) is 15.2 Å². The van der Waals surface area contributed by atoms with Crippen molar-refractivity contribution in [3.8, 4) is 0 Å². The van der Waals surface area contributed by atoms with Gasteiger partial charge in [-0.05, 0) is 37.8 Å². The van der Waals surface area contributed by atoms with E-state index in [0.717, 1.165) is 36.6 Å². The molecule has 1 aromatic heterocycles. The normalized spacial score (nSPS) is 18.6. The highest BCUT2D eigenvalue weighted by atomic mass is 32.2. The number of nitro groups is 1. The first-order valence-corrected chi connectivity index (χ1v) is 10.8. The number of piperidine rings is 1. The average molecular weight is 445 g/mol. The molecule has 1 aliphatic heterocycles. The Morgan fingerprint density at radius 2 is 1.80 bits per heavy atom. The summed E-state index contributed by atoms with van der Waals surface area (Å²) in [6.45, 7) is 0.826. The second kappa shape index (κ2) is 7.22. The van der Waals surface area contributed by atoms with Crippen LogP contribution >= 0.6 is 0 Å². The standard InChI is InChI=1S/C17H18F3N5O4S/c18-17(19,20)30(28,29)12-3-4-13(14(9-12)25(26)27)24-7-5-11(6-8-24)16-21-15(22-23-16)10-1-2-10/h3-4,9-11H,1-2,5-8H2,(H,21,22,23). The van der Waals surface area contributed by atoms with E-state index in [4.69, 9.17) is 0 Å². The van der Waals surface area contributed by atoms with Gasteiger partial charge in [0, 0.05) is 31.0 Å². The number of alkyl halides is 3. The summed E-state index contributed by atoms with van der Waals surface area (Å²) < 4.78 is 61.5. The van der Waals surface area contributed by atoms with Crippen LogP contribution in [-0.2, 0) is 9.84 Å². The molecular formula is C17H18F3N5O4S. The molecule has 13 heteroatoms. The van der Waals surface area contributed by atoms with Crippen LogP contribution in [-0.4, -0.2) is 47.1 Å². The van der Waals surface area contributed by atoms with E-state index in [-0.39, 0.29) is 11.6 Å². The lowest BCUT2D eigenvalue weighted by molar-refractivity contribution is -0.384. The number of aromatic nitrogens is 3. The predicted octanol–water partition coefficient (Wildman–Crippen LogP) is 3.27. The molecule has 0 amide bonds. The lowest BCUT2D eigenvalue weighted by Gasteiger charge is -2.32. The Bertz CT molecular complexity index is 1070. The highest BCUT2D eigenvalue weighted by Crippen LogP contribution is 2.40. The fraction of sp³-hybridized carbons (Fsp3) is 0.529. The van der Waals surface area contributed by atoms with Crippen molar-refractivity contribution in [1.29, 1.82) is 0 Å². The van der Waals surface area contributed by atoms with Crippen molar-refractivity contribution in [2.24, 2.45) is 0 Å². The number of nitrogens with zero attached hydrogens (tertiary/aromatic N) is 4. The van der Waals surface area contributed by atoms with Gasteiger partial charge >= 0.3 is 5.51 Å². The number of rotatable bonds is 5. The molecule has 30 heavy (non-hydrogen) atoms. The zero-order valence-corrected chi connectivity index (χ0v) is 16.4. The Hall–Kier alpha value is -2.70. The van der Waals surface area contributed by atoms with Crippen molar-refractivity contribution in [3.63, 3.8) is 0 Å².